The minimum atomic E-state index is -0.227. The van der Waals surface area contributed by atoms with Crippen LogP contribution in [0.25, 0.3) is 0 Å². The van der Waals surface area contributed by atoms with Crippen LogP contribution in [0.3, 0.4) is 0 Å². The number of nitrogens with zero attached hydrogens (tertiary/aromatic N) is 2. The molecule has 0 spiro atoms. The van der Waals surface area contributed by atoms with Crippen molar-refractivity contribution < 1.29 is 4.39 Å². The Kier molecular flexibility index (Phi) is 4.40. The molecule has 3 nitrogen and oxygen atoms in total. The lowest BCUT2D eigenvalue weighted by Crippen LogP contribution is -2.50. The molecule has 114 valence electrons. The van der Waals surface area contributed by atoms with E-state index in [1.165, 1.54) is 31.7 Å². The maximum absolute atomic E-state index is 14.2. The third kappa shape index (κ3) is 3.19. The van der Waals surface area contributed by atoms with Gasteiger partial charge in [0.15, 0.2) is 0 Å². The highest BCUT2D eigenvalue weighted by Crippen LogP contribution is 2.27. The summed E-state index contributed by atoms with van der Waals surface area (Å²) in [6.45, 7) is 3.84. The third-order valence-electron chi connectivity index (χ3n) is 4.73. The molecule has 5 heteroatoms. The van der Waals surface area contributed by atoms with Gasteiger partial charge >= 0.3 is 0 Å². The fourth-order valence-electron chi connectivity index (χ4n) is 3.51. The summed E-state index contributed by atoms with van der Waals surface area (Å²) in [6.07, 6.45) is 5.38. The number of halogens is 1. The first-order valence-electron chi connectivity index (χ1n) is 7.73. The summed E-state index contributed by atoms with van der Waals surface area (Å²) in [4.78, 5) is 4.95. The highest BCUT2D eigenvalue weighted by molar-refractivity contribution is 7.80. The number of hydrogen-bond donors (Lipinski definition) is 1. The Balaban J connectivity index is 1.65. The Hall–Kier alpha value is -1.20. The van der Waals surface area contributed by atoms with E-state index in [1.807, 2.05) is 6.07 Å². The standard InChI is InChI=1S/C16H22FN3S/c17-14-11-12(16(18)21)5-6-15(14)20-9-7-19(8-10-20)13-3-1-2-4-13/h5-6,11,13H,1-4,7-10H2,(H2,18,21). The van der Waals surface area contributed by atoms with Gasteiger partial charge in [-0.25, -0.2) is 4.39 Å². The van der Waals surface area contributed by atoms with Crippen LogP contribution in [0.4, 0.5) is 10.1 Å². The smallest absolute Gasteiger partial charge is 0.147 e. The van der Waals surface area contributed by atoms with Crippen molar-refractivity contribution in [3.05, 3.63) is 29.6 Å². The van der Waals surface area contributed by atoms with Crippen molar-refractivity contribution >= 4 is 22.9 Å². The summed E-state index contributed by atoms with van der Waals surface area (Å²) in [5, 5.41) is 0. The monoisotopic (exact) mass is 307 g/mol. The lowest BCUT2D eigenvalue weighted by molar-refractivity contribution is 0.187. The number of anilines is 1. The Labute approximate surface area is 130 Å². The molecule has 0 radical (unpaired) electrons. The van der Waals surface area contributed by atoms with Crippen LogP contribution in [0.15, 0.2) is 18.2 Å². The van der Waals surface area contributed by atoms with Crippen LogP contribution in [0, 0.1) is 5.82 Å². The Morgan fingerprint density at radius 1 is 1.14 bits per heavy atom. The fourth-order valence-corrected chi connectivity index (χ4v) is 3.64. The second-order valence-corrected chi connectivity index (χ2v) is 6.43. The van der Waals surface area contributed by atoms with Crippen LogP contribution < -0.4 is 10.6 Å². The Morgan fingerprint density at radius 3 is 2.38 bits per heavy atom. The van der Waals surface area contributed by atoms with Gasteiger partial charge in [0.25, 0.3) is 0 Å². The second kappa shape index (κ2) is 6.28. The van der Waals surface area contributed by atoms with Crippen molar-refractivity contribution in [2.75, 3.05) is 31.1 Å². The maximum Gasteiger partial charge on any atom is 0.147 e. The minimum Gasteiger partial charge on any atom is -0.389 e. The molecule has 1 aliphatic carbocycles. The molecule has 0 atom stereocenters. The number of thiocarbonyl (C=S) groups is 1. The number of rotatable bonds is 3. The molecule has 1 saturated heterocycles. The van der Waals surface area contributed by atoms with E-state index in [0.717, 1.165) is 32.2 Å². The molecule has 0 unspecified atom stereocenters. The van der Waals surface area contributed by atoms with Crippen molar-refractivity contribution in [2.24, 2.45) is 5.73 Å². The molecule has 3 rings (SSSR count). The number of hydrogen-bond acceptors (Lipinski definition) is 3. The van der Waals surface area contributed by atoms with E-state index in [0.29, 0.717) is 11.3 Å². The first-order chi connectivity index (χ1) is 10.1. The van der Waals surface area contributed by atoms with Gasteiger partial charge in [-0.3, -0.25) is 4.90 Å². The Bertz CT molecular complexity index is 520. The van der Waals surface area contributed by atoms with E-state index < -0.39 is 0 Å². The van der Waals surface area contributed by atoms with E-state index in [1.54, 1.807) is 6.07 Å². The molecule has 2 fully saturated rings. The normalized spacial score (nSPS) is 20.9. The lowest BCUT2D eigenvalue weighted by Gasteiger charge is -2.39. The molecule has 1 heterocycles. The molecule has 1 saturated carbocycles. The highest BCUT2D eigenvalue weighted by Gasteiger charge is 2.26. The van der Waals surface area contributed by atoms with E-state index >= 15 is 0 Å². The minimum absolute atomic E-state index is 0.227. The van der Waals surface area contributed by atoms with E-state index in [-0.39, 0.29) is 10.8 Å². The molecule has 2 aliphatic rings. The molecule has 0 bridgehead atoms. The summed E-state index contributed by atoms with van der Waals surface area (Å²) in [5.41, 5.74) is 6.80. The molecular formula is C16H22FN3S. The first kappa shape index (κ1) is 14.7. The number of benzene rings is 1. The van der Waals surface area contributed by atoms with Gasteiger partial charge in [0.2, 0.25) is 0 Å². The van der Waals surface area contributed by atoms with Crippen molar-refractivity contribution in [3.8, 4) is 0 Å². The zero-order valence-corrected chi connectivity index (χ0v) is 13.0. The summed E-state index contributed by atoms with van der Waals surface area (Å²) >= 11 is 4.89. The molecular weight excluding hydrogens is 285 g/mol. The van der Waals surface area contributed by atoms with Crippen LogP contribution in [-0.2, 0) is 0 Å². The highest BCUT2D eigenvalue weighted by atomic mass is 32.1. The average Bonchev–Trinajstić information content (AvgIpc) is 3.01. The van der Waals surface area contributed by atoms with Gasteiger partial charge in [-0.05, 0) is 31.0 Å². The van der Waals surface area contributed by atoms with Crippen molar-refractivity contribution in [1.29, 1.82) is 0 Å². The van der Waals surface area contributed by atoms with Crippen LogP contribution in [0.5, 0.6) is 0 Å². The van der Waals surface area contributed by atoms with Gasteiger partial charge in [-0.2, -0.15) is 0 Å². The van der Waals surface area contributed by atoms with E-state index in [9.17, 15) is 4.39 Å². The van der Waals surface area contributed by atoms with Crippen molar-refractivity contribution in [1.82, 2.24) is 4.90 Å². The Morgan fingerprint density at radius 2 is 1.81 bits per heavy atom. The zero-order chi connectivity index (χ0) is 14.8. The molecule has 21 heavy (non-hydrogen) atoms. The van der Waals surface area contributed by atoms with Gasteiger partial charge in [-0.1, -0.05) is 25.1 Å². The van der Waals surface area contributed by atoms with Crippen LogP contribution >= 0.6 is 12.2 Å². The summed E-state index contributed by atoms with van der Waals surface area (Å²) < 4.78 is 14.2. The summed E-state index contributed by atoms with van der Waals surface area (Å²) in [7, 11) is 0. The first-order valence-corrected chi connectivity index (χ1v) is 8.14. The van der Waals surface area contributed by atoms with Gasteiger partial charge in [0.1, 0.15) is 10.8 Å². The summed E-state index contributed by atoms with van der Waals surface area (Å²) in [6, 6.07) is 5.81. The van der Waals surface area contributed by atoms with Crippen LogP contribution in [-0.4, -0.2) is 42.1 Å². The molecule has 1 aliphatic heterocycles. The predicted molar refractivity (Wildman–Crippen MR) is 88.3 cm³/mol. The maximum atomic E-state index is 14.2. The van der Waals surface area contributed by atoms with Crippen LogP contribution in [0.1, 0.15) is 31.2 Å². The SMILES string of the molecule is NC(=S)c1ccc(N2CCN(C3CCCC3)CC2)c(F)c1. The zero-order valence-electron chi connectivity index (χ0n) is 12.2. The van der Waals surface area contributed by atoms with Crippen LogP contribution in [0.2, 0.25) is 0 Å². The van der Waals surface area contributed by atoms with Gasteiger partial charge in [-0.15, -0.1) is 0 Å². The average molecular weight is 307 g/mol. The fraction of sp³-hybridized carbons (Fsp3) is 0.562. The topological polar surface area (TPSA) is 32.5 Å². The molecule has 1 aromatic carbocycles. The van der Waals surface area contributed by atoms with E-state index in [4.69, 9.17) is 18.0 Å². The molecule has 1 aromatic rings. The quantitative estimate of drug-likeness (QED) is 0.870. The largest absolute Gasteiger partial charge is 0.389 e. The number of piperazine rings is 1. The summed E-state index contributed by atoms with van der Waals surface area (Å²) in [5.74, 6) is -0.227. The van der Waals surface area contributed by atoms with Crippen molar-refractivity contribution in [3.63, 3.8) is 0 Å². The molecule has 0 aromatic heterocycles. The van der Waals surface area contributed by atoms with E-state index in [2.05, 4.69) is 9.80 Å². The van der Waals surface area contributed by atoms with Gasteiger partial charge < -0.3 is 10.6 Å². The molecule has 0 amide bonds. The lowest BCUT2D eigenvalue weighted by atomic mass is 10.1. The number of nitrogens with two attached hydrogens (primary N) is 1. The molecule has 2 N–H and O–H groups in total. The van der Waals surface area contributed by atoms with Gasteiger partial charge in [0.05, 0.1) is 5.69 Å². The van der Waals surface area contributed by atoms with Gasteiger partial charge in [0, 0.05) is 37.8 Å². The third-order valence-corrected chi connectivity index (χ3v) is 4.96. The second-order valence-electron chi connectivity index (χ2n) is 5.99. The predicted octanol–water partition coefficient (Wildman–Crippen LogP) is 2.52. The van der Waals surface area contributed by atoms with Crippen molar-refractivity contribution in [2.45, 2.75) is 31.7 Å².